The Hall–Kier alpha value is -0.570. The van der Waals surface area contributed by atoms with Gasteiger partial charge in [0.05, 0.1) is 0 Å². The molecule has 0 rings (SSSR count). The van der Waals surface area contributed by atoms with E-state index in [1.807, 2.05) is 20.9 Å². The summed E-state index contributed by atoms with van der Waals surface area (Å²) in [5, 5.41) is 5.34. The molecule has 0 aromatic rings. The summed E-state index contributed by atoms with van der Waals surface area (Å²) in [6.07, 6.45) is 0.0347. The maximum atomic E-state index is 5.19. The smallest absolute Gasteiger partial charge is 0.142 e. The molecular weight excluding hydrogens is 116 g/mol. The fourth-order valence-electron chi connectivity index (χ4n) is 0.464. The Kier molecular flexibility index (Phi) is 4.05. The molecule has 0 N–H and O–H groups in total. The molecule has 0 saturated heterocycles. The summed E-state index contributed by atoms with van der Waals surface area (Å²) in [7, 11) is 1.83. The topological polar surface area (TPSA) is 24.8 Å². The molecule has 0 heterocycles. The van der Waals surface area contributed by atoms with E-state index in [0.29, 0.717) is 6.61 Å². The highest BCUT2D eigenvalue weighted by atomic mass is 16.5. The molecule has 0 aromatic heterocycles. The molecule has 0 aliphatic rings. The standard InChI is InChI=1S/C6H14N2O/c1-5-9-6(2)8(4)7-3/h6H,3,5H2,1-2,4H3. The number of ether oxygens (including phenoxy) is 1. The van der Waals surface area contributed by atoms with Gasteiger partial charge in [0, 0.05) is 20.4 Å². The predicted octanol–water partition coefficient (Wildman–Crippen LogP) is 0.916. The average molecular weight is 130 g/mol. The van der Waals surface area contributed by atoms with Crippen molar-refractivity contribution in [2.75, 3.05) is 13.7 Å². The molecule has 54 valence electrons. The van der Waals surface area contributed by atoms with Crippen LogP contribution in [0.25, 0.3) is 0 Å². The van der Waals surface area contributed by atoms with Crippen LogP contribution < -0.4 is 0 Å². The molecule has 1 unspecified atom stereocenters. The first-order valence-corrected chi connectivity index (χ1v) is 3.03. The van der Waals surface area contributed by atoms with Gasteiger partial charge in [-0.25, -0.2) is 0 Å². The molecule has 3 heteroatoms. The summed E-state index contributed by atoms with van der Waals surface area (Å²) in [4.78, 5) is 0. The van der Waals surface area contributed by atoms with Crippen LogP contribution in [0.5, 0.6) is 0 Å². The van der Waals surface area contributed by atoms with Gasteiger partial charge in [0.1, 0.15) is 6.23 Å². The van der Waals surface area contributed by atoms with Gasteiger partial charge >= 0.3 is 0 Å². The Morgan fingerprint density at radius 3 is 2.67 bits per heavy atom. The van der Waals surface area contributed by atoms with Crippen LogP contribution >= 0.6 is 0 Å². The van der Waals surface area contributed by atoms with Crippen LogP contribution in [-0.4, -0.2) is 31.6 Å². The van der Waals surface area contributed by atoms with Crippen molar-refractivity contribution in [2.45, 2.75) is 20.1 Å². The van der Waals surface area contributed by atoms with Gasteiger partial charge < -0.3 is 4.74 Å². The van der Waals surface area contributed by atoms with Crippen molar-refractivity contribution in [3.05, 3.63) is 0 Å². The van der Waals surface area contributed by atoms with E-state index in [1.165, 1.54) is 0 Å². The lowest BCUT2D eigenvalue weighted by molar-refractivity contribution is -0.0271. The third-order valence-electron chi connectivity index (χ3n) is 1.16. The van der Waals surface area contributed by atoms with Crippen LogP contribution in [0.3, 0.4) is 0 Å². The highest BCUT2D eigenvalue weighted by Crippen LogP contribution is 1.95. The monoisotopic (exact) mass is 130 g/mol. The Morgan fingerprint density at radius 1 is 1.78 bits per heavy atom. The SMILES string of the molecule is C=NN(C)C(C)OCC. The minimum absolute atomic E-state index is 0.0347. The van der Waals surface area contributed by atoms with E-state index >= 15 is 0 Å². The maximum Gasteiger partial charge on any atom is 0.142 e. The van der Waals surface area contributed by atoms with Crippen LogP contribution in [-0.2, 0) is 4.74 Å². The third kappa shape index (κ3) is 3.08. The van der Waals surface area contributed by atoms with Gasteiger partial charge in [-0.3, -0.25) is 5.01 Å². The van der Waals surface area contributed by atoms with E-state index in [9.17, 15) is 0 Å². The summed E-state index contributed by atoms with van der Waals surface area (Å²) in [6.45, 7) is 7.95. The van der Waals surface area contributed by atoms with Gasteiger partial charge in [-0.1, -0.05) is 0 Å². The summed E-state index contributed by atoms with van der Waals surface area (Å²) in [6, 6.07) is 0. The number of hydrogen-bond donors (Lipinski definition) is 0. The Bertz CT molecular complexity index is 85.1. The van der Waals surface area contributed by atoms with Gasteiger partial charge in [0.25, 0.3) is 0 Å². The van der Waals surface area contributed by atoms with Gasteiger partial charge in [-0.2, -0.15) is 5.10 Å². The minimum atomic E-state index is 0.0347. The van der Waals surface area contributed by atoms with E-state index in [4.69, 9.17) is 4.74 Å². The molecule has 0 aliphatic heterocycles. The number of rotatable bonds is 4. The van der Waals surface area contributed by atoms with E-state index in [1.54, 1.807) is 5.01 Å². The van der Waals surface area contributed by atoms with E-state index in [2.05, 4.69) is 11.8 Å². The molecular formula is C6H14N2O. The van der Waals surface area contributed by atoms with Crippen molar-refractivity contribution in [2.24, 2.45) is 5.10 Å². The summed E-state index contributed by atoms with van der Waals surface area (Å²) in [5.41, 5.74) is 0. The zero-order valence-electron chi connectivity index (χ0n) is 6.29. The van der Waals surface area contributed by atoms with Gasteiger partial charge in [0.2, 0.25) is 0 Å². The van der Waals surface area contributed by atoms with Gasteiger partial charge in [-0.05, 0) is 13.8 Å². The van der Waals surface area contributed by atoms with Crippen molar-refractivity contribution >= 4 is 6.72 Å². The van der Waals surface area contributed by atoms with Crippen LogP contribution in [0.1, 0.15) is 13.8 Å². The Labute approximate surface area is 56.3 Å². The fraction of sp³-hybridized carbons (Fsp3) is 0.833. The lowest BCUT2D eigenvalue weighted by atomic mass is 10.6. The number of nitrogens with zero attached hydrogens (tertiary/aromatic N) is 2. The average Bonchev–Trinajstić information content (AvgIpc) is 1.87. The van der Waals surface area contributed by atoms with Crippen molar-refractivity contribution < 1.29 is 4.74 Å². The second kappa shape index (κ2) is 4.32. The van der Waals surface area contributed by atoms with E-state index < -0.39 is 0 Å². The zero-order valence-corrected chi connectivity index (χ0v) is 6.29. The first-order chi connectivity index (χ1) is 4.22. The largest absolute Gasteiger partial charge is 0.358 e. The molecule has 3 nitrogen and oxygen atoms in total. The molecule has 0 aliphatic carbocycles. The molecule has 0 fully saturated rings. The highest BCUT2D eigenvalue weighted by Gasteiger charge is 2.02. The molecule has 0 aromatic carbocycles. The Balaban J connectivity index is 3.44. The third-order valence-corrected chi connectivity index (χ3v) is 1.16. The van der Waals surface area contributed by atoms with E-state index in [0.717, 1.165) is 0 Å². The quantitative estimate of drug-likeness (QED) is 0.321. The Morgan fingerprint density at radius 2 is 2.33 bits per heavy atom. The van der Waals surface area contributed by atoms with Crippen LogP contribution in [0, 0.1) is 0 Å². The maximum absolute atomic E-state index is 5.19. The summed E-state index contributed by atoms with van der Waals surface area (Å²) < 4.78 is 5.19. The lowest BCUT2D eigenvalue weighted by Gasteiger charge is -2.20. The van der Waals surface area contributed by atoms with Crippen LogP contribution in [0.4, 0.5) is 0 Å². The van der Waals surface area contributed by atoms with Crippen molar-refractivity contribution in [3.8, 4) is 0 Å². The minimum Gasteiger partial charge on any atom is -0.358 e. The first kappa shape index (κ1) is 8.43. The van der Waals surface area contributed by atoms with E-state index in [-0.39, 0.29) is 6.23 Å². The fourth-order valence-corrected chi connectivity index (χ4v) is 0.464. The second-order valence-electron chi connectivity index (χ2n) is 1.77. The number of hydrazone groups is 1. The molecule has 9 heavy (non-hydrogen) atoms. The highest BCUT2D eigenvalue weighted by molar-refractivity contribution is 5.22. The second-order valence-corrected chi connectivity index (χ2v) is 1.77. The number of hydrogen-bond acceptors (Lipinski definition) is 3. The molecule has 0 saturated carbocycles. The molecule has 0 spiro atoms. The van der Waals surface area contributed by atoms with Crippen molar-refractivity contribution in [1.82, 2.24) is 5.01 Å². The normalized spacial score (nSPS) is 12.8. The molecule has 1 atom stereocenters. The van der Waals surface area contributed by atoms with Crippen molar-refractivity contribution in [1.29, 1.82) is 0 Å². The predicted molar refractivity (Wildman–Crippen MR) is 38.4 cm³/mol. The summed E-state index contributed by atoms with van der Waals surface area (Å²) >= 11 is 0. The first-order valence-electron chi connectivity index (χ1n) is 3.03. The van der Waals surface area contributed by atoms with Gasteiger partial charge in [0.15, 0.2) is 0 Å². The molecule has 0 radical (unpaired) electrons. The summed E-state index contributed by atoms with van der Waals surface area (Å²) in [5.74, 6) is 0. The van der Waals surface area contributed by atoms with Crippen molar-refractivity contribution in [3.63, 3.8) is 0 Å². The molecule has 0 amide bonds. The van der Waals surface area contributed by atoms with Crippen LogP contribution in [0.2, 0.25) is 0 Å². The zero-order chi connectivity index (χ0) is 7.28. The molecule has 0 bridgehead atoms. The lowest BCUT2D eigenvalue weighted by Crippen LogP contribution is -2.26. The van der Waals surface area contributed by atoms with Gasteiger partial charge in [-0.15, -0.1) is 0 Å². The van der Waals surface area contributed by atoms with Crippen LogP contribution in [0.15, 0.2) is 5.10 Å².